The molecular weight excluding hydrogens is 188 g/mol. The second kappa shape index (κ2) is 4.75. The van der Waals surface area contributed by atoms with Gasteiger partial charge in [0.15, 0.2) is 0 Å². The van der Waals surface area contributed by atoms with E-state index in [1.54, 1.807) is 6.33 Å². The van der Waals surface area contributed by atoms with Gasteiger partial charge in [0.05, 0.1) is 0 Å². The van der Waals surface area contributed by atoms with Gasteiger partial charge < -0.3 is 5.73 Å². The van der Waals surface area contributed by atoms with Crippen molar-refractivity contribution >= 4 is 0 Å². The molecule has 2 N–H and O–H groups in total. The zero-order chi connectivity index (χ0) is 11.5. The Morgan fingerprint density at radius 1 is 1.47 bits per heavy atom. The Morgan fingerprint density at radius 3 is 2.60 bits per heavy atom. The van der Waals surface area contributed by atoms with E-state index < -0.39 is 0 Å². The molecule has 1 atom stereocenters. The second-order valence-corrected chi connectivity index (χ2v) is 5.16. The summed E-state index contributed by atoms with van der Waals surface area (Å²) < 4.78 is 1.82. The largest absolute Gasteiger partial charge is 0.327 e. The van der Waals surface area contributed by atoms with E-state index in [4.69, 9.17) is 5.73 Å². The fourth-order valence-corrected chi connectivity index (χ4v) is 1.46. The minimum atomic E-state index is 0.194. The van der Waals surface area contributed by atoms with E-state index in [0.717, 1.165) is 25.1 Å². The van der Waals surface area contributed by atoms with E-state index in [9.17, 15) is 0 Å². The van der Waals surface area contributed by atoms with Gasteiger partial charge in [-0.25, -0.2) is 4.98 Å². The van der Waals surface area contributed by atoms with E-state index in [-0.39, 0.29) is 11.5 Å². The summed E-state index contributed by atoms with van der Waals surface area (Å²) in [5, 5.41) is 4.04. The van der Waals surface area contributed by atoms with Gasteiger partial charge in [-0.2, -0.15) is 5.10 Å². The van der Waals surface area contributed by atoms with Crippen LogP contribution in [0.4, 0.5) is 0 Å². The van der Waals surface area contributed by atoms with Crippen LogP contribution in [0, 0.1) is 5.41 Å². The number of hydrogen-bond acceptors (Lipinski definition) is 3. The highest BCUT2D eigenvalue weighted by Gasteiger charge is 2.19. The first-order valence-electron chi connectivity index (χ1n) is 5.49. The maximum atomic E-state index is 6.09. The Kier molecular flexibility index (Phi) is 3.85. The molecule has 4 heteroatoms. The quantitative estimate of drug-likeness (QED) is 0.819. The van der Waals surface area contributed by atoms with Crippen molar-refractivity contribution < 1.29 is 0 Å². The number of nitrogens with two attached hydrogens (primary N) is 1. The number of hydrogen-bond donors (Lipinski definition) is 1. The van der Waals surface area contributed by atoms with Crippen LogP contribution in [0.25, 0.3) is 0 Å². The SMILES string of the molecule is Cn1ncnc1CCCC(N)C(C)(C)C. The lowest BCUT2D eigenvalue weighted by atomic mass is 9.84. The van der Waals surface area contributed by atoms with Crippen molar-refractivity contribution in [1.29, 1.82) is 0 Å². The van der Waals surface area contributed by atoms with Gasteiger partial charge in [0, 0.05) is 19.5 Å². The summed E-state index contributed by atoms with van der Waals surface area (Å²) in [6.07, 6.45) is 4.67. The smallest absolute Gasteiger partial charge is 0.138 e. The summed E-state index contributed by atoms with van der Waals surface area (Å²) in [5.41, 5.74) is 6.28. The van der Waals surface area contributed by atoms with Gasteiger partial charge in [-0.1, -0.05) is 20.8 Å². The molecule has 1 aromatic rings. The summed E-state index contributed by atoms with van der Waals surface area (Å²) in [6, 6.07) is 0.255. The van der Waals surface area contributed by atoms with Crippen molar-refractivity contribution in [3.8, 4) is 0 Å². The highest BCUT2D eigenvalue weighted by atomic mass is 15.3. The average molecular weight is 210 g/mol. The number of aromatic nitrogens is 3. The Bertz CT molecular complexity index is 298. The molecule has 0 spiro atoms. The number of rotatable bonds is 4. The predicted octanol–water partition coefficient (Wildman–Crippen LogP) is 1.51. The molecule has 0 aromatic carbocycles. The molecule has 0 amide bonds. The molecule has 0 fully saturated rings. The predicted molar refractivity (Wildman–Crippen MR) is 61.4 cm³/mol. The maximum absolute atomic E-state index is 6.09. The van der Waals surface area contributed by atoms with Crippen LogP contribution in [0.3, 0.4) is 0 Å². The van der Waals surface area contributed by atoms with Crippen molar-refractivity contribution in [2.45, 2.75) is 46.1 Å². The molecule has 0 aliphatic heterocycles. The molecule has 0 saturated carbocycles. The molecule has 4 nitrogen and oxygen atoms in total. The minimum Gasteiger partial charge on any atom is -0.327 e. The van der Waals surface area contributed by atoms with Crippen molar-refractivity contribution in [2.24, 2.45) is 18.2 Å². The molecule has 1 aromatic heterocycles. The lowest BCUT2D eigenvalue weighted by molar-refractivity contribution is 0.300. The van der Waals surface area contributed by atoms with Crippen molar-refractivity contribution in [1.82, 2.24) is 14.8 Å². The van der Waals surface area contributed by atoms with E-state index in [0.29, 0.717) is 0 Å². The third-order valence-electron chi connectivity index (χ3n) is 2.83. The Labute approximate surface area is 91.9 Å². The van der Waals surface area contributed by atoms with Gasteiger partial charge in [-0.05, 0) is 18.3 Å². The molecule has 0 aliphatic rings. The Hall–Kier alpha value is -0.900. The lowest BCUT2D eigenvalue weighted by Crippen LogP contribution is -2.34. The standard InChI is InChI=1S/C11H22N4/c1-11(2,3)9(12)6-5-7-10-13-8-14-15(10)4/h8-9H,5-7,12H2,1-4H3. The molecule has 1 unspecified atom stereocenters. The van der Waals surface area contributed by atoms with Crippen LogP contribution >= 0.6 is 0 Å². The zero-order valence-corrected chi connectivity index (χ0v) is 10.2. The molecule has 15 heavy (non-hydrogen) atoms. The first kappa shape index (κ1) is 12.2. The third-order valence-corrected chi connectivity index (χ3v) is 2.83. The van der Waals surface area contributed by atoms with Gasteiger partial charge in [0.1, 0.15) is 12.2 Å². The second-order valence-electron chi connectivity index (χ2n) is 5.16. The zero-order valence-electron chi connectivity index (χ0n) is 10.2. The van der Waals surface area contributed by atoms with Crippen LogP contribution in [0.5, 0.6) is 0 Å². The lowest BCUT2D eigenvalue weighted by Gasteiger charge is -2.26. The molecule has 0 bridgehead atoms. The van der Waals surface area contributed by atoms with Crippen molar-refractivity contribution in [3.05, 3.63) is 12.2 Å². The van der Waals surface area contributed by atoms with E-state index in [1.807, 2.05) is 11.7 Å². The molecule has 0 saturated heterocycles. The van der Waals surface area contributed by atoms with Crippen molar-refractivity contribution in [3.63, 3.8) is 0 Å². The van der Waals surface area contributed by atoms with Crippen molar-refractivity contribution in [2.75, 3.05) is 0 Å². The first-order valence-corrected chi connectivity index (χ1v) is 5.49. The Balaban J connectivity index is 2.31. The molecular formula is C11H22N4. The summed E-state index contributed by atoms with van der Waals surface area (Å²) in [7, 11) is 1.92. The van der Waals surface area contributed by atoms with Crippen LogP contribution in [0.15, 0.2) is 6.33 Å². The van der Waals surface area contributed by atoms with E-state index >= 15 is 0 Å². The normalized spacial score (nSPS) is 14.2. The van der Waals surface area contributed by atoms with E-state index in [1.165, 1.54) is 0 Å². The van der Waals surface area contributed by atoms with Crippen LogP contribution < -0.4 is 5.73 Å². The van der Waals surface area contributed by atoms with E-state index in [2.05, 4.69) is 30.9 Å². The number of aryl methyl sites for hydroxylation is 2. The molecule has 1 rings (SSSR count). The fourth-order valence-electron chi connectivity index (χ4n) is 1.46. The topological polar surface area (TPSA) is 56.7 Å². The fraction of sp³-hybridized carbons (Fsp3) is 0.818. The van der Waals surface area contributed by atoms with Gasteiger partial charge >= 0.3 is 0 Å². The molecule has 0 radical (unpaired) electrons. The highest BCUT2D eigenvalue weighted by Crippen LogP contribution is 2.21. The van der Waals surface area contributed by atoms with Crippen LogP contribution in [-0.2, 0) is 13.5 Å². The van der Waals surface area contributed by atoms with Crippen LogP contribution in [0.2, 0.25) is 0 Å². The maximum Gasteiger partial charge on any atom is 0.138 e. The van der Waals surface area contributed by atoms with Gasteiger partial charge in [-0.15, -0.1) is 0 Å². The summed E-state index contributed by atoms with van der Waals surface area (Å²) in [6.45, 7) is 6.54. The van der Waals surface area contributed by atoms with Gasteiger partial charge in [0.2, 0.25) is 0 Å². The average Bonchev–Trinajstić information content (AvgIpc) is 2.50. The summed E-state index contributed by atoms with van der Waals surface area (Å²) in [4.78, 5) is 4.19. The van der Waals surface area contributed by atoms with Crippen LogP contribution in [0.1, 0.15) is 39.4 Å². The number of nitrogens with zero attached hydrogens (tertiary/aromatic N) is 3. The molecule has 86 valence electrons. The third kappa shape index (κ3) is 3.63. The van der Waals surface area contributed by atoms with Gasteiger partial charge in [-0.3, -0.25) is 4.68 Å². The van der Waals surface area contributed by atoms with Gasteiger partial charge in [0.25, 0.3) is 0 Å². The first-order chi connectivity index (χ1) is 6.91. The summed E-state index contributed by atoms with van der Waals surface area (Å²) in [5.74, 6) is 1.04. The molecule has 1 heterocycles. The monoisotopic (exact) mass is 210 g/mol. The molecule has 0 aliphatic carbocycles. The Morgan fingerprint density at radius 2 is 2.13 bits per heavy atom. The summed E-state index contributed by atoms with van der Waals surface area (Å²) >= 11 is 0. The van der Waals surface area contributed by atoms with Crippen LogP contribution in [-0.4, -0.2) is 20.8 Å². The minimum absolute atomic E-state index is 0.194. The highest BCUT2D eigenvalue weighted by molar-refractivity contribution is 4.85.